The third kappa shape index (κ3) is 4.60. The molecule has 4 rings (SSSR count). The molecule has 1 aliphatic rings. The van der Waals surface area contributed by atoms with Gasteiger partial charge in [-0.3, -0.25) is 14.5 Å². The number of carbonyl (C=O) groups is 2. The first-order valence-electron chi connectivity index (χ1n) is 10.6. The quantitative estimate of drug-likeness (QED) is 0.243. The van der Waals surface area contributed by atoms with E-state index in [0.29, 0.717) is 23.5 Å². The molecule has 0 radical (unpaired) electrons. The van der Waals surface area contributed by atoms with Gasteiger partial charge >= 0.3 is 0 Å². The van der Waals surface area contributed by atoms with E-state index in [9.17, 15) is 19.8 Å². The van der Waals surface area contributed by atoms with E-state index in [1.807, 2.05) is 6.92 Å². The Kier molecular flexibility index (Phi) is 6.82. The summed E-state index contributed by atoms with van der Waals surface area (Å²) in [6, 6.07) is 16.3. The Bertz CT molecular complexity index is 1280. The van der Waals surface area contributed by atoms with Crippen molar-refractivity contribution in [3.8, 4) is 11.5 Å². The fraction of sp³-hybridized carbons (Fsp3) is 0.154. The SMILES string of the molecule is CCCOc1cccc(/C(O)=C2\C(=O)C(=O)N(c3cc(Cl)cc(Cl)c3)C2c2cccc(O)c2)c1. The number of phenols is 1. The summed E-state index contributed by atoms with van der Waals surface area (Å²) in [5, 5.41) is 21.9. The molecule has 6 nitrogen and oxygen atoms in total. The van der Waals surface area contributed by atoms with E-state index in [-0.39, 0.29) is 32.8 Å². The number of ketones is 1. The zero-order valence-corrected chi connectivity index (χ0v) is 19.7. The molecule has 0 aromatic heterocycles. The number of nitrogens with zero attached hydrogens (tertiary/aromatic N) is 1. The number of Topliss-reactive ketones (excluding diaryl/α,β-unsaturated/α-hetero) is 1. The summed E-state index contributed by atoms with van der Waals surface area (Å²) in [6.45, 7) is 2.47. The highest BCUT2D eigenvalue weighted by Crippen LogP contribution is 2.44. The van der Waals surface area contributed by atoms with Gasteiger partial charge in [-0.2, -0.15) is 0 Å². The lowest BCUT2D eigenvalue weighted by atomic mass is 9.95. The molecule has 0 saturated carbocycles. The molecule has 2 N–H and O–H groups in total. The van der Waals surface area contributed by atoms with Crippen molar-refractivity contribution in [2.75, 3.05) is 11.5 Å². The Balaban J connectivity index is 1.92. The van der Waals surface area contributed by atoms with Crippen molar-refractivity contribution in [1.82, 2.24) is 0 Å². The standard InChI is InChI=1S/C26H21Cl2NO5/c1-2-9-34-21-8-4-6-16(11-21)24(31)22-23(15-5-3-7-20(30)10-15)29(26(33)25(22)32)19-13-17(27)12-18(28)14-19/h3-8,10-14,23,30-31H,2,9H2,1H3/b24-22+. The van der Waals surface area contributed by atoms with Crippen LogP contribution in [0.2, 0.25) is 10.0 Å². The van der Waals surface area contributed by atoms with Gasteiger partial charge in [-0.1, -0.05) is 54.4 Å². The van der Waals surface area contributed by atoms with Crippen LogP contribution < -0.4 is 9.64 Å². The van der Waals surface area contributed by atoms with Gasteiger partial charge < -0.3 is 14.9 Å². The molecule has 1 unspecified atom stereocenters. The molecule has 0 bridgehead atoms. The monoisotopic (exact) mass is 497 g/mol. The van der Waals surface area contributed by atoms with Gasteiger partial charge in [-0.05, 0) is 54.4 Å². The van der Waals surface area contributed by atoms with Crippen LogP contribution in [0.1, 0.15) is 30.5 Å². The first-order valence-corrected chi connectivity index (χ1v) is 11.3. The lowest BCUT2D eigenvalue weighted by molar-refractivity contribution is -0.132. The molecule has 34 heavy (non-hydrogen) atoms. The van der Waals surface area contributed by atoms with Gasteiger partial charge in [0.05, 0.1) is 18.2 Å². The van der Waals surface area contributed by atoms with Crippen LogP contribution in [0.15, 0.2) is 72.3 Å². The number of benzene rings is 3. The minimum Gasteiger partial charge on any atom is -0.508 e. The molecule has 1 amide bonds. The Labute approximate surface area is 206 Å². The third-order valence-corrected chi connectivity index (χ3v) is 5.77. The smallest absolute Gasteiger partial charge is 0.300 e. The lowest BCUT2D eigenvalue weighted by Gasteiger charge is -2.26. The molecule has 1 fully saturated rings. The second-order valence-corrected chi connectivity index (χ2v) is 8.64. The summed E-state index contributed by atoms with van der Waals surface area (Å²) < 4.78 is 5.64. The molecule has 1 heterocycles. The summed E-state index contributed by atoms with van der Waals surface area (Å²) >= 11 is 12.3. The lowest BCUT2D eigenvalue weighted by Crippen LogP contribution is -2.29. The molecule has 174 valence electrons. The summed E-state index contributed by atoms with van der Waals surface area (Å²) in [4.78, 5) is 27.7. The van der Waals surface area contributed by atoms with Crippen LogP contribution in [0.5, 0.6) is 11.5 Å². The summed E-state index contributed by atoms with van der Waals surface area (Å²) in [5.41, 5.74) is 0.905. The van der Waals surface area contributed by atoms with E-state index in [0.717, 1.165) is 6.42 Å². The molecule has 8 heteroatoms. The zero-order valence-electron chi connectivity index (χ0n) is 18.2. The van der Waals surface area contributed by atoms with Crippen LogP contribution in [-0.2, 0) is 9.59 Å². The largest absolute Gasteiger partial charge is 0.508 e. The maximum absolute atomic E-state index is 13.2. The van der Waals surface area contributed by atoms with Crippen LogP contribution in [-0.4, -0.2) is 28.5 Å². The summed E-state index contributed by atoms with van der Waals surface area (Å²) in [6.07, 6.45) is 0.807. The van der Waals surface area contributed by atoms with Crippen molar-refractivity contribution in [2.24, 2.45) is 0 Å². The maximum atomic E-state index is 13.2. The second-order valence-electron chi connectivity index (χ2n) is 7.77. The number of phenolic OH excluding ortho intramolecular Hbond substituents is 1. The fourth-order valence-corrected chi connectivity index (χ4v) is 4.41. The Morgan fingerprint density at radius 3 is 2.38 bits per heavy atom. The number of hydrogen-bond acceptors (Lipinski definition) is 5. The number of carbonyl (C=O) groups excluding carboxylic acids is 2. The number of anilines is 1. The average molecular weight is 498 g/mol. The fourth-order valence-electron chi connectivity index (χ4n) is 3.90. The van der Waals surface area contributed by atoms with Crippen molar-refractivity contribution in [3.63, 3.8) is 0 Å². The van der Waals surface area contributed by atoms with Crippen molar-refractivity contribution in [2.45, 2.75) is 19.4 Å². The van der Waals surface area contributed by atoms with Gasteiger partial charge in [0.1, 0.15) is 17.3 Å². The van der Waals surface area contributed by atoms with Gasteiger partial charge in [0.15, 0.2) is 0 Å². The van der Waals surface area contributed by atoms with Gasteiger partial charge in [0.2, 0.25) is 0 Å². The van der Waals surface area contributed by atoms with E-state index in [1.54, 1.807) is 36.4 Å². The van der Waals surface area contributed by atoms with Crippen LogP contribution in [0.3, 0.4) is 0 Å². The number of halogens is 2. The first-order chi connectivity index (χ1) is 16.3. The summed E-state index contributed by atoms with van der Waals surface area (Å²) in [5.74, 6) is -1.62. The molecule has 0 spiro atoms. The highest BCUT2D eigenvalue weighted by atomic mass is 35.5. The van der Waals surface area contributed by atoms with Crippen LogP contribution in [0.4, 0.5) is 5.69 Å². The van der Waals surface area contributed by atoms with E-state index >= 15 is 0 Å². The molecular formula is C26H21Cl2NO5. The highest BCUT2D eigenvalue weighted by Gasteiger charge is 2.47. The number of hydrogen-bond donors (Lipinski definition) is 2. The van der Waals surface area contributed by atoms with Gasteiger partial charge in [-0.25, -0.2) is 0 Å². The first kappa shape index (κ1) is 23.7. The number of rotatable bonds is 6. The van der Waals surface area contributed by atoms with E-state index in [4.69, 9.17) is 27.9 Å². The third-order valence-electron chi connectivity index (χ3n) is 5.34. The second kappa shape index (κ2) is 9.79. The number of ether oxygens (including phenoxy) is 1. The Morgan fingerprint density at radius 1 is 1.00 bits per heavy atom. The number of amides is 1. The molecule has 3 aromatic carbocycles. The van der Waals surface area contributed by atoms with Crippen LogP contribution >= 0.6 is 23.2 Å². The van der Waals surface area contributed by atoms with E-state index in [1.165, 1.54) is 35.2 Å². The van der Waals surface area contributed by atoms with Gasteiger partial charge in [0, 0.05) is 21.3 Å². The van der Waals surface area contributed by atoms with Crippen molar-refractivity contribution >= 4 is 46.3 Å². The molecule has 0 aliphatic carbocycles. The van der Waals surface area contributed by atoms with Crippen LogP contribution in [0.25, 0.3) is 5.76 Å². The average Bonchev–Trinajstić information content (AvgIpc) is 3.07. The zero-order chi connectivity index (χ0) is 24.4. The van der Waals surface area contributed by atoms with E-state index < -0.39 is 17.7 Å². The van der Waals surface area contributed by atoms with Crippen molar-refractivity contribution in [1.29, 1.82) is 0 Å². The van der Waals surface area contributed by atoms with Crippen molar-refractivity contribution < 1.29 is 24.5 Å². The molecule has 3 aromatic rings. The minimum absolute atomic E-state index is 0.0535. The highest BCUT2D eigenvalue weighted by molar-refractivity contribution is 6.52. The Morgan fingerprint density at radius 2 is 1.71 bits per heavy atom. The number of aromatic hydroxyl groups is 1. The minimum atomic E-state index is -1.03. The number of aliphatic hydroxyl groups excluding tert-OH is 1. The predicted octanol–water partition coefficient (Wildman–Crippen LogP) is 6.11. The molecule has 1 saturated heterocycles. The van der Waals surface area contributed by atoms with Gasteiger partial charge in [0.25, 0.3) is 11.7 Å². The molecule has 1 atom stereocenters. The predicted molar refractivity (Wildman–Crippen MR) is 132 cm³/mol. The van der Waals surface area contributed by atoms with Crippen LogP contribution in [0, 0.1) is 0 Å². The van der Waals surface area contributed by atoms with Crippen molar-refractivity contribution in [3.05, 3.63) is 93.5 Å². The Hall–Kier alpha value is -3.48. The molecule has 1 aliphatic heterocycles. The normalized spacial score (nSPS) is 17.3. The summed E-state index contributed by atoms with van der Waals surface area (Å²) in [7, 11) is 0. The number of aliphatic hydroxyl groups is 1. The van der Waals surface area contributed by atoms with Gasteiger partial charge in [-0.15, -0.1) is 0 Å². The maximum Gasteiger partial charge on any atom is 0.300 e. The topological polar surface area (TPSA) is 87.1 Å². The van der Waals surface area contributed by atoms with E-state index in [2.05, 4.69) is 0 Å². The molecular weight excluding hydrogens is 477 g/mol.